The van der Waals surface area contributed by atoms with E-state index in [4.69, 9.17) is 5.73 Å². The third-order valence-electron chi connectivity index (χ3n) is 5.63. The second kappa shape index (κ2) is 6.97. The summed E-state index contributed by atoms with van der Waals surface area (Å²) in [5.41, 5.74) is 7.99. The van der Waals surface area contributed by atoms with Gasteiger partial charge in [0.1, 0.15) is 5.54 Å². The number of nitrogens with two attached hydrogens (primary N) is 1. The van der Waals surface area contributed by atoms with Gasteiger partial charge in [-0.2, -0.15) is 0 Å². The van der Waals surface area contributed by atoms with Gasteiger partial charge in [0, 0.05) is 32.0 Å². The van der Waals surface area contributed by atoms with Gasteiger partial charge in [-0.15, -0.1) is 0 Å². The van der Waals surface area contributed by atoms with Crippen molar-refractivity contribution in [1.82, 2.24) is 14.8 Å². The number of carbonyl (C=O) groups is 1. The van der Waals surface area contributed by atoms with E-state index < -0.39 is 5.54 Å². The summed E-state index contributed by atoms with van der Waals surface area (Å²) in [4.78, 5) is 21.2. The number of amides is 1. The third-order valence-corrected chi connectivity index (χ3v) is 5.63. The molecule has 0 saturated carbocycles. The third kappa shape index (κ3) is 3.40. The molecule has 1 aromatic rings. The number of hydrogen-bond acceptors (Lipinski definition) is 4. The normalized spacial score (nSPS) is 22.8. The number of primary amides is 1. The van der Waals surface area contributed by atoms with Gasteiger partial charge in [-0.3, -0.25) is 19.6 Å². The van der Waals surface area contributed by atoms with Gasteiger partial charge >= 0.3 is 0 Å². The molecule has 0 bridgehead atoms. The number of aromatic nitrogens is 1. The molecule has 2 N–H and O–H groups in total. The molecule has 3 rings (SSSR count). The van der Waals surface area contributed by atoms with Crippen LogP contribution in [0.4, 0.5) is 0 Å². The number of likely N-dealkylation sites (tertiary alicyclic amines) is 2. The Morgan fingerprint density at radius 3 is 2.52 bits per heavy atom. The Morgan fingerprint density at radius 2 is 1.91 bits per heavy atom. The molecule has 23 heavy (non-hydrogen) atoms. The number of nitrogens with zero attached hydrogens (tertiary/aromatic N) is 3. The molecule has 5 nitrogen and oxygen atoms in total. The molecule has 2 saturated heterocycles. The monoisotopic (exact) mass is 316 g/mol. The minimum atomic E-state index is -0.412. The first-order valence-electron chi connectivity index (χ1n) is 8.79. The van der Waals surface area contributed by atoms with Crippen LogP contribution in [-0.2, 0) is 11.3 Å². The van der Waals surface area contributed by atoms with Crippen LogP contribution in [0.5, 0.6) is 0 Å². The van der Waals surface area contributed by atoms with E-state index in [1.165, 1.54) is 30.4 Å². The summed E-state index contributed by atoms with van der Waals surface area (Å²) in [6, 6.07) is 2.09. The zero-order valence-electron chi connectivity index (χ0n) is 14.1. The molecular weight excluding hydrogens is 288 g/mol. The summed E-state index contributed by atoms with van der Waals surface area (Å²) in [5, 5.41) is 0. The maximum Gasteiger partial charge on any atom is 0.238 e. The fraction of sp³-hybridized carbons (Fsp3) is 0.667. The SMILES string of the molecule is Cc1cnccc1CN1CCC(C(N)=O)(N2CCCCC2)CC1. The van der Waals surface area contributed by atoms with Crippen molar-refractivity contribution >= 4 is 5.91 Å². The van der Waals surface area contributed by atoms with Crippen LogP contribution in [0.25, 0.3) is 0 Å². The highest BCUT2D eigenvalue weighted by Gasteiger charge is 2.44. The second-order valence-corrected chi connectivity index (χ2v) is 7.02. The zero-order valence-corrected chi connectivity index (χ0v) is 14.1. The molecule has 0 radical (unpaired) electrons. The Balaban J connectivity index is 1.65. The molecule has 2 aliphatic heterocycles. The molecule has 0 spiro atoms. The quantitative estimate of drug-likeness (QED) is 0.918. The lowest BCUT2D eigenvalue weighted by atomic mass is 9.83. The topological polar surface area (TPSA) is 62.5 Å². The van der Waals surface area contributed by atoms with Crippen molar-refractivity contribution in [3.05, 3.63) is 29.6 Å². The van der Waals surface area contributed by atoms with Gasteiger partial charge in [0.15, 0.2) is 0 Å². The van der Waals surface area contributed by atoms with Gasteiger partial charge in [0.2, 0.25) is 5.91 Å². The van der Waals surface area contributed by atoms with Crippen molar-refractivity contribution in [1.29, 1.82) is 0 Å². The van der Waals surface area contributed by atoms with Crippen LogP contribution in [0.1, 0.15) is 43.2 Å². The Labute approximate surface area is 138 Å². The molecular formula is C18H28N4O. The van der Waals surface area contributed by atoms with Crippen LogP contribution in [0.15, 0.2) is 18.5 Å². The number of hydrogen-bond donors (Lipinski definition) is 1. The Bertz CT molecular complexity index is 546. The van der Waals surface area contributed by atoms with Gasteiger partial charge in [-0.1, -0.05) is 6.42 Å². The van der Waals surface area contributed by atoms with Crippen LogP contribution in [0, 0.1) is 6.92 Å². The van der Waals surface area contributed by atoms with Crippen LogP contribution in [0.2, 0.25) is 0 Å². The number of piperidine rings is 2. The number of pyridine rings is 1. The second-order valence-electron chi connectivity index (χ2n) is 7.02. The van der Waals surface area contributed by atoms with Gasteiger partial charge in [-0.25, -0.2) is 0 Å². The predicted octanol–water partition coefficient (Wildman–Crippen LogP) is 1.70. The molecule has 0 unspecified atom stereocenters. The standard InChI is InChI=1S/C18H28N4O/c1-15-13-20-8-5-16(15)14-21-11-6-18(7-12-21,17(19)23)22-9-3-2-4-10-22/h5,8,13H,2-4,6-7,9-12,14H2,1H3,(H2,19,23). The average Bonchev–Trinajstić information content (AvgIpc) is 2.58. The Morgan fingerprint density at radius 1 is 1.22 bits per heavy atom. The van der Waals surface area contributed by atoms with E-state index in [9.17, 15) is 4.79 Å². The molecule has 2 aliphatic rings. The van der Waals surface area contributed by atoms with E-state index in [1.54, 1.807) is 0 Å². The van der Waals surface area contributed by atoms with E-state index in [1.807, 2.05) is 12.4 Å². The fourth-order valence-electron chi connectivity index (χ4n) is 4.04. The Hall–Kier alpha value is -1.46. The van der Waals surface area contributed by atoms with Crippen molar-refractivity contribution in [2.24, 2.45) is 5.73 Å². The van der Waals surface area contributed by atoms with Crippen LogP contribution >= 0.6 is 0 Å². The first-order chi connectivity index (χ1) is 11.1. The number of carbonyl (C=O) groups excluding carboxylic acids is 1. The van der Waals surface area contributed by atoms with E-state index >= 15 is 0 Å². The Kier molecular flexibility index (Phi) is 4.97. The highest BCUT2D eigenvalue weighted by molar-refractivity contribution is 5.84. The summed E-state index contributed by atoms with van der Waals surface area (Å²) in [6.45, 7) is 6.94. The summed E-state index contributed by atoms with van der Waals surface area (Å²) >= 11 is 0. The largest absolute Gasteiger partial charge is 0.368 e. The molecule has 0 aliphatic carbocycles. The summed E-state index contributed by atoms with van der Waals surface area (Å²) in [6.07, 6.45) is 9.13. The van der Waals surface area contributed by atoms with E-state index in [0.717, 1.165) is 45.6 Å². The number of aryl methyl sites for hydroxylation is 1. The van der Waals surface area contributed by atoms with Crippen molar-refractivity contribution in [3.63, 3.8) is 0 Å². The molecule has 2 fully saturated rings. The van der Waals surface area contributed by atoms with Crippen molar-refractivity contribution in [2.75, 3.05) is 26.2 Å². The van der Waals surface area contributed by atoms with Gasteiger partial charge in [0.05, 0.1) is 0 Å². The minimum Gasteiger partial charge on any atom is -0.368 e. The van der Waals surface area contributed by atoms with Crippen molar-refractivity contribution < 1.29 is 4.79 Å². The average molecular weight is 316 g/mol. The number of rotatable bonds is 4. The molecule has 5 heteroatoms. The van der Waals surface area contributed by atoms with Crippen molar-refractivity contribution in [3.8, 4) is 0 Å². The van der Waals surface area contributed by atoms with Crippen LogP contribution < -0.4 is 5.73 Å². The molecule has 3 heterocycles. The van der Waals surface area contributed by atoms with E-state index in [-0.39, 0.29) is 5.91 Å². The summed E-state index contributed by atoms with van der Waals surface area (Å²) < 4.78 is 0. The highest BCUT2D eigenvalue weighted by Crippen LogP contribution is 2.32. The lowest BCUT2D eigenvalue weighted by Crippen LogP contribution is -2.63. The minimum absolute atomic E-state index is 0.126. The van der Waals surface area contributed by atoms with E-state index in [2.05, 4.69) is 27.8 Å². The van der Waals surface area contributed by atoms with E-state index in [0.29, 0.717) is 0 Å². The smallest absolute Gasteiger partial charge is 0.238 e. The molecule has 1 aromatic heterocycles. The first-order valence-corrected chi connectivity index (χ1v) is 8.79. The summed E-state index contributed by atoms with van der Waals surface area (Å²) in [7, 11) is 0. The highest BCUT2D eigenvalue weighted by atomic mass is 16.1. The van der Waals surface area contributed by atoms with Crippen LogP contribution in [-0.4, -0.2) is 52.4 Å². The summed E-state index contributed by atoms with van der Waals surface area (Å²) in [5.74, 6) is -0.126. The van der Waals surface area contributed by atoms with Gasteiger partial charge in [0.25, 0.3) is 0 Å². The molecule has 1 amide bonds. The lowest BCUT2D eigenvalue weighted by molar-refractivity contribution is -0.135. The fourth-order valence-corrected chi connectivity index (χ4v) is 4.04. The zero-order chi connectivity index (χ0) is 16.3. The maximum atomic E-state index is 12.2. The van der Waals surface area contributed by atoms with Crippen LogP contribution in [0.3, 0.4) is 0 Å². The predicted molar refractivity (Wildman–Crippen MR) is 90.8 cm³/mol. The lowest BCUT2D eigenvalue weighted by Gasteiger charge is -2.48. The first kappa shape index (κ1) is 16.4. The molecule has 126 valence electrons. The van der Waals surface area contributed by atoms with Gasteiger partial charge in [-0.05, 0) is 62.9 Å². The van der Waals surface area contributed by atoms with Gasteiger partial charge < -0.3 is 5.73 Å². The van der Waals surface area contributed by atoms with Crippen molar-refractivity contribution in [2.45, 2.75) is 51.1 Å². The molecule has 0 aromatic carbocycles. The molecule has 0 atom stereocenters. The maximum absolute atomic E-state index is 12.2.